The number of rotatable bonds is 7. The molecule has 1 heterocycles. The van der Waals surface area contributed by atoms with Crippen molar-refractivity contribution >= 4 is 5.91 Å². The topological polar surface area (TPSA) is 77.2 Å². The molecular weight excluding hydrogens is 330 g/mol. The largest absolute Gasteiger partial charge is 0.497 e. The molecule has 1 amide bonds. The highest BCUT2D eigenvalue weighted by Crippen LogP contribution is 2.21. The van der Waals surface area contributed by atoms with E-state index in [-0.39, 0.29) is 5.91 Å². The fourth-order valence-corrected chi connectivity index (χ4v) is 2.52. The Kier molecular flexibility index (Phi) is 5.63. The third-order valence-electron chi connectivity index (χ3n) is 4.11. The van der Waals surface area contributed by atoms with Gasteiger partial charge in [-0.2, -0.15) is 0 Å². The number of amides is 1. The number of methoxy groups -OCH3 is 1. The minimum atomic E-state index is -0.0440. The van der Waals surface area contributed by atoms with Crippen LogP contribution in [0.4, 0.5) is 0 Å². The number of aryl methyl sites for hydroxylation is 2. The van der Waals surface area contributed by atoms with Crippen molar-refractivity contribution in [1.29, 1.82) is 0 Å². The molecule has 0 bridgehead atoms. The van der Waals surface area contributed by atoms with E-state index in [0.717, 1.165) is 22.4 Å². The van der Waals surface area contributed by atoms with Crippen molar-refractivity contribution in [2.24, 2.45) is 0 Å². The third kappa shape index (κ3) is 4.47. The van der Waals surface area contributed by atoms with Crippen molar-refractivity contribution in [1.82, 2.24) is 15.5 Å². The molecule has 3 rings (SSSR count). The zero-order valence-corrected chi connectivity index (χ0v) is 14.9. The maximum absolute atomic E-state index is 12.0. The van der Waals surface area contributed by atoms with Gasteiger partial charge in [-0.05, 0) is 42.3 Å². The molecule has 6 nitrogen and oxygen atoms in total. The number of nitrogens with zero attached hydrogens (tertiary/aromatic N) is 2. The standard InChI is InChI=1S/C20H21N3O3/c1-14-5-3-4-6-16(14)13-21-18(24)11-12-19-22-23-20(26-19)15-7-9-17(25-2)10-8-15/h3-10H,11-13H2,1-2H3,(H,21,24). The lowest BCUT2D eigenvalue weighted by Crippen LogP contribution is -2.23. The van der Waals surface area contributed by atoms with Crippen molar-refractivity contribution in [3.63, 3.8) is 0 Å². The maximum atomic E-state index is 12.0. The maximum Gasteiger partial charge on any atom is 0.247 e. The van der Waals surface area contributed by atoms with E-state index >= 15 is 0 Å². The lowest BCUT2D eigenvalue weighted by molar-refractivity contribution is -0.121. The second kappa shape index (κ2) is 8.29. The van der Waals surface area contributed by atoms with Crippen molar-refractivity contribution < 1.29 is 13.9 Å². The smallest absolute Gasteiger partial charge is 0.247 e. The molecule has 0 saturated heterocycles. The first-order valence-corrected chi connectivity index (χ1v) is 8.43. The van der Waals surface area contributed by atoms with Crippen LogP contribution in [0.3, 0.4) is 0 Å². The van der Waals surface area contributed by atoms with Gasteiger partial charge in [-0.3, -0.25) is 4.79 Å². The number of hydrogen-bond acceptors (Lipinski definition) is 5. The van der Waals surface area contributed by atoms with Crippen LogP contribution in [0.2, 0.25) is 0 Å². The van der Waals surface area contributed by atoms with Crippen molar-refractivity contribution in [2.75, 3.05) is 7.11 Å². The molecule has 0 radical (unpaired) electrons. The van der Waals surface area contributed by atoms with Gasteiger partial charge in [0.05, 0.1) is 7.11 Å². The van der Waals surface area contributed by atoms with Gasteiger partial charge in [-0.1, -0.05) is 24.3 Å². The highest BCUT2D eigenvalue weighted by Gasteiger charge is 2.11. The van der Waals surface area contributed by atoms with Gasteiger partial charge in [-0.25, -0.2) is 0 Å². The molecule has 0 aliphatic heterocycles. The Morgan fingerprint density at radius 1 is 1.12 bits per heavy atom. The Morgan fingerprint density at radius 3 is 2.62 bits per heavy atom. The molecule has 3 aromatic rings. The quantitative estimate of drug-likeness (QED) is 0.707. The summed E-state index contributed by atoms with van der Waals surface area (Å²) >= 11 is 0. The highest BCUT2D eigenvalue weighted by molar-refractivity contribution is 5.76. The summed E-state index contributed by atoms with van der Waals surface area (Å²) in [6, 6.07) is 15.4. The number of carbonyl (C=O) groups excluding carboxylic acids is 1. The van der Waals surface area contributed by atoms with E-state index in [9.17, 15) is 4.79 Å². The summed E-state index contributed by atoms with van der Waals surface area (Å²) in [4.78, 5) is 12.0. The van der Waals surface area contributed by atoms with Crippen LogP contribution in [-0.2, 0) is 17.8 Å². The lowest BCUT2D eigenvalue weighted by atomic mass is 10.1. The monoisotopic (exact) mass is 351 g/mol. The number of hydrogen-bond donors (Lipinski definition) is 1. The number of nitrogens with one attached hydrogen (secondary N) is 1. The van der Waals surface area contributed by atoms with Crippen LogP contribution < -0.4 is 10.1 Å². The van der Waals surface area contributed by atoms with Crippen LogP contribution >= 0.6 is 0 Å². The Balaban J connectivity index is 1.51. The van der Waals surface area contributed by atoms with Crippen LogP contribution in [0.15, 0.2) is 52.9 Å². The van der Waals surface area contributed by atoms with Crippen LogP contribution in [-0.4, -0.2) is 23.2 Å². The Morgan fingerprint density at radius 2 is 1.88 bits per heavy atom. The Labute approximate surface area is 152 Å². The van der Waals surface area contributed by atoms with Gasteiger partial charge in [-0.15, -0.1) is 10.2 Å². The average Bonchev–Trinajstić information content (AvgIpc) is 3.15. The summed E-state index contributed by atoms with van der Waals surface area (Å²) in [5.74, 6) is 1.60. The summed E-state index contributed by atoms with van der Waals surface area (Å²) in [6.07, 6.45) is 0.707. The number of benzene rings is 2. The van der Waals surface area contributed by atoms with Gasteiger partial charge >= 0.3 is 0 Å². The molecule has 134 valence electrons. The van der Waals surface area contributed by atoms with Crippen molar-refractivity contribution in [3.8, 4) is 17.2 Å². The van der Waals surface area contributed by atoms with E-state index in [1.54, 1.807) is 7.11 Å². The van der Waals surface area contributed by atoms with Gasteiger partial charge < -0.3 is 14.5 Å². The fraction of sp³-hybridized carbons (Fsp3) is 0.250. The van der Waals surface area contributed by atoms with Gasteiger partial charge in [0.15, 0.2) is 0 Å². The molecule has 0 saturated carbocycles. The first kappa shape index (κ1) is 17.7. The molecule has 1 aromatic heterocycles. The second-order valence-corrected chi connectivity index (χ2v) is 5.93. The third-order valence-corrected chi connectivity index (χ3v) is 4.11. The van der Waals surface area contributed by atoms with Crippen LogP contribution in [0, 0.1) is 6.92 Å². The van der Waals surface area contributed by atoms with Gasteiger partial charge in [0, 0.05) is 24.9 Å². The van der Waals surface area contributed by atoms with E-state index in [2.05, 4.69) is 15.5 Å². The van der Waals surface area contributed by atoms with E-state index in [1.807, 2.05) is 55.5 Å². The normalized spacial score (nSPS) is 10.5. The molecule has 26 heavy (non-hydrogen) atoms. The molecule has 6 heteroatoms. The van der Waals surface area contributed by atoms with E-state index in [4.69, 9.17) is 9.15 Å². The van der Waals surface area contributed by atoms with Gasteiger partial charge in [0.25, 0.3) is 0 Å². The fourth-order valence-electron chi connectivity index (χ4n) is 2.52. The zero-order chi connectivity index (χ0) is 18.4. The van der Waals surface area contributed by atoms with E-state index < -0.39 is 0 Å². The van der Waals surface area contributed by atoms with Crippen molar-refractivity contribution in [2.45, 2.75) is 26.3 Å². The van der Waals surface area contributed by atoms with Crippen LogP contribution in [0.5, 0.6) is 5.75 Å². The van der Waals surface area contributed by atoms with Gasteiger partial charge in [0.2, 0.25) is 17.7 Å². The van der Waals surface area contributed by atoms with E-state index in [1.165, 1.54) is 0 Å². The predicted molar refractivity (Wildman–Crippen MR) is 97.6 cm³/mol. The second-order valence-electron chi connectivity index (χ2n) is 5.93. The minimum Gasteiger partial charge on any atom is -0.497 e. The minimum absolute atomic E-state index is 0.0440. The predicted octanol–water partition coefficient (Wildman–Crippen LogP) is 3.30. The number of aromatic nitrogens is 2. The molecule has 0 spiro atoms. The Hall–Kier alpha value is -3.15. The molecular formula is C20H21N3O3. The summed E-state index contributed by atoms with van der Waals surface area (Å²) in [5.41, 5.74) is 3.09. The average molecular weight is 351 g/mol. The number of carbonyl (C=O) groups is 1. The molecule has 0 fully saturated rings. The summed E-state index contributed by atoms with van der Waals surface area (Å²) in [7, 11) is 1.62. The zero-order valence-electron chi connectivity index (χ0n) is 14.9. The molecule has 0 aliphatic rings. The summed E-state index contributed by atoms with van der Waals surface area (Å²) < 4.78 is 10.8. The molecule has 2 aromatic carbocycles. The number of ether oxygens (including phenoxy) is 1. The molecule has 1 N–H and O–H groups in total. The molecule has 0 aliphatic carbocycles. The molecule has 0 atom stereocenters. The SMILES string of the molecule is COc1ccc(-c2nnc(CCC(=O)NCc3ccccc3C)o2)cc1. The first-order valence-electron chi connectivity index (χ1n) is 8.43. The Bertz CT molecular complexity index is 872. The van der Waals surface area contributed by atoms with Crippen LogP contribution in [0.25, 0.3) is 11.5 Å². The van der Waals surface area contributed by atoms with Crippen LogP contribution in [0.1, 0.15) is 23.4 Å². The van der Waals surface area contributed by atoms with Crippen molar-refractivity contribution in [3.05, 3.63) is 65.5 Å². The summed E-state index contributed by atoms with van der Waals surface area (Å²) in [6.45, 7) is 2.55. The molecule has 0 unspecified atom stereocenters. The first-order chi connectivity index (χ1) is 12.7. The summed E-state index contributed by atoms with van der Waals surface area (Å²) in [5, 5.41) is 11.0. The lowest BCUT2D eigenvalue weighted by Gasteiger charge is -2.07. The van der Waals surface area contributed by atoms with E-state index in [0.29, 0.717) is 31.2 Å². The van der Waals surface area contributed by atoms with Gasteiger partial charge in [0.1, 0.15) is 5.75 Å². The highest BCUT2D eigenvalue weighted by atomic mass is 16.5.